The van der Waals surface area contributed by atoms with Crippen LogP contribution in [0.25, 0.3) is 0 Å². The zero-order chi connectivity index (χ0) is 19.4. The predicted octanol–water partition coefficient (Wildman–Crippen LogP) is 0.415. The molecule has 0 radical (unpaired) electrons. The molecule has 2 heterocycles. The predicted molar refractivity (Wildman–Crippen MR) is 83.6 cm³/mol. The van der Waals surface area contributed by atoms with Gasteiger partial charge in [0.15, 0.2) is 9.84 Å². The highest BCUT2D eigenvalue weighted by atomic mass is 32.2. The van der Waals surface area contributed by atoms with Crippen LogP contribution in [0.5, 0.6) is 0 Å². The number of alkyl halides is 3. The quantitative estimate of drug-likeness (QED) is 0.646. The second-order valence-electron chi connectivity index (χ2n) is 6.56. The van der Waals surface area contributed by atoms with Crippen LogP contribution in [-0.4, -0.2) is 62.2 Å². The van der Waals surface area contributed by atoms with E-state index in [0.717, 1.165) is 0 Å². The summed E-state index contributed by atoms with van der Waals surface area (Å²) in [4.78, 5) is 21.0. The molecule has 0 unspecified atom stereocenters. The van der Waals surface area contributed by atoms with Crippen molar-refractivity contribution >= 4 is 21.7 Å². The Labute approximate surface area is 144 Å². The average Bonchev–Trinajstić information content (AvgIpc) is 2.95. The lowest BCUT2D eigenvalue weighted by atomic mass is 9.87. The van der Waals surface area contributed by atoms with E-state index in [1.165, 1.54) is 0 Å². The molecule has 2 aliphatic heterocycles. The lowest BCUT2D eigenvalue weighted by Gasteiger charge is -2.32. The minimum absolute atomic E-state index is 0.0253. The number of halogens is 3. The van der Waals surface area contributed by atoms with Gasteiger partial charge in [0.05, 0.1) is 11.0 Å². The highest BCUT2D eigenvalue weighted by Crippen LogP contribution is 2.33. The third-order valence-electron chi connectivity index (χ3n) is 4.16. The van der Waals surface area contributed by atoms with E-state index in [2.05, 4.69) is 10.6 Å². The Balaban J connectivity index is 0.000000381. The molecule has 2 fully saturated rings. The molecule has 11 heteroatoms. The van der Waals surface area contributed by atoms with Crippen LogP contribution in [0.15, 0.2) is 0 Å². The van der Waals surface area contributed by atoms with Crippen LogP contribution in [0.4, 0.5) is 13.2 Å². The fraction of sp³-hybridized carbons (Fsp3) is 0.857. The smallest absolute Gasteiger partial charge is 0.475 e. The Hall–Kier alpha value is -1.36. The first-order valence-corrected chi connectivity index (χ1v) is 9.58. The van der Waals surface area contributed by atoms with Gasteiger partial charge >= 0.3 is 12.1 Å². The number of sulfone groups is 1. The summed E-state index contributed by atoms with van der Waals surface area (Å²) in [5.74, 6) is -2.36. The molecule has 3 N–H and O–H groups in total. The van der Waals surface area contributed by atoms with Crippen LogP contribution in [0.3, 0.4) is 0 Å². The van der Waals surface area contributed by atoms with Crippen molar-refractivity contribution in [1.82, 2.24) is 10.6 Å². The maximum atomic E-state index is 12.1. The number of rotatable bonds is 3. The molecule has 2 aliphatic rings. The average molecular weight is 388 g/mol. The highest BCUT2D eigenvalue weighted by molar-refractivity contribution is 7.92. The van der Waals surface area contributed by atoms with Gasteiger partial charge in [-0.1, -0.05) is 13.8 Å². The fourth-order valence-corrected chi connectivity index (χ4v) is 4.96. The summed E-state index contributed by atoms with van der Waals surface area (Å²) in [5.41, 5.74) is 0. The van der Waals surface area contributed by atoms with Gasteiger partial charge in [0.25, 0.3) is 0 Å². The van der Waals surface area contributed by atoms with Crippen LogP contribution < -0.4 is 10.6 Å². The van der Waals surface area contributed by atoms with Crippen molar-refractivity contribution in [3.05, 3.63) is 0 Å². The molecule has 0 aliphatic carbocycles. The number of hydrogen-bond donors (Lipinski definition) is 3. The lowest BCUT2D eigenvalue weighted by Crippen LogP contribution is -2.47. The fourth-order valence-electron chi connectivity index (χ4n) is 2.89. The maximum Gasteiger partial charge on any atom is 0.490 e. The van der Waals surface area contributed by atoms with Crippen LogP contribution in [0.2, 0.25) is 0 Å². The Morgan fingerprint density at radius 3 is 2.32 bits per heavy atom. The van der Waals surface area contributed by atoms with Gasteiger partial charge in [-0.15, -0.1) is 0 Å². The first kappa shape index (κ1) is 21.7. The third-order valence-corrected chi connectivity index (χ3v) is 6.40. The molecule has 0 aromatic heterocycles. The van der Waals surface area contributed by atoms with Crippen molar-refractivity contribution in [1.29, 1.82) is 0 Å². The number of fused-ring (bicyclic) bond motifs is 1. The second-order valence-corrected chi connectivity index (χ2v) is 8.90. The number of carbonyl (C=O) groups excluding carboxylic acids is 1. The van der Waals surface area contributed by atoms with Crippen molar-refractivity contribution in [3.8, 4) is 0 Å². The molecular formula is C14H23F3N2O5S. The van der Waals surface area contributed by atoms with E-state index in [0.29, 0.717) is 32.0 Å². The second kappa shape index (κ2) is 8.35. The normalized spacial score (nSPS) is 27.8. The van der Waals surface area contributed by atoms with E-state index in [-0.39, 0.29) is 28.7 Å². The molecule has 7 nitrogen and oxygen atoms in total. The Morgan fingerprint density at radius 1 is 1.28 bits per heavy atom. The minimum Gasteiger partial charge on any atom is -0.475 e. The topological polar surface area (TPSA) is 113 Å². The number of carboxylic acid groups (broad SMARTS) is 1. The van der Waals surface area contributed by atoms with Crippen LogP contribution in [-0.2, 0) is 19.4 Å². The van der Waals surface area contributed by atoms with Gasteiger partial charge in [-0.25, -0.2) is 13.2 Å². The standard InChI is InChI=1S/C12H22N2O3S.C2HF3O2/c1-8(2)5-14-12(15)9-3-4-18(16,17)11-7-13-6-10(9)11;3-2(4,5)1(6)7/h8-11,13H,3-7H2,1-2H3,(H,14,15);(H,6,7)/t9-,10+,11+;/m0./s1. The van der Waals surface area contributed by atoms with Gasteiger partial charge < -0.3 is 15.7 Å². The molecule has 0 spiro atoms. The molecular weight excluding hydrogens is 365 g/mol. The third kappa shape index (κ3) is 6.14. The van der Waals surface area contributed by atoms with Crippen molar-refractivity contribution in [3.63, 3.8) is 0 Å². The number of carboxylic acids is 1. The SMILES string of the molecule is CC(C)CNC(=O)[C@H]1CCS(=O)(=O)[C@@H]2CNC[C@H]12.O=C(O)C(F)(F)F. The Bertz CT molecular complexity index is 592. The first-order chi connectivity index (χ1) is 11.4. The Morgan fingerprint density at radius 2 is 1.84 bits per heavy atom. The van der Waals surface area contributed by atoms with Gasteiger partial charge in [-0.05, 0) is 12.3 Å². The van der Waals surface area contributed by atoms with E-state index < -0.39 is 22.0 Å². The zero-order valence-electron chi connectivity index (χ0n) is 14.0. The van der Waals surface area contributed by atoms with Gasteiger partial charge in [-0.3, -0.25) is 4.79 Å². The monoisotopic (exact) mass is 388 g/mol. The molecule has 0 aromatic carbocycles. The molecule has 0 saturated carbocycles. The summed E-state index contributed by atoms with van der Waals surface area (Å²) in [5, 5.41) is 12.8. The summed E-state index contributed by atoms with van der Waals surface area (Å²) >= 11 is 0. The number of nitrogens with one attached hydrogen (secondary N) is 2. The summed E-state index contributed by atoms with van der Waals surface area (Å²) < 4.78 is 55.6. The number of carbonyl (C=O) groups is 2. The first-order valence-electron chi connectivity index (χ1n) is 7.86. The largest absolute Gasteiger partial charge is 0.490 e. The number of aliphatic carboxylic acids is 1. The van der Waals surface area contributed by atoms with Crippen molar-refractivity contribution in [2.45, 2.75) is 31.7 Å². The highest BCUT2D eigenvalue weighted by Gasteiger charge is 2.47. The van der Waals surface area contributed by atoms with Crippen LogP contribution >= 0.6 is 0 Å². The molecule has 3 atom stereocenters. The van der Waals surface area contributed by atoms with E-state index >= 15 is 0 Å². The molecule has 2 saturated heterocycles. The molecule has 0 aromatic rings. The summed E-state index contributed by atoms with van der Waals surface area (Å²) in [7, 11) is -3.00. The van der Waals surface area contributed by atoms with Gasteiger partial charge in [-0.2, -0.15) is 13.2 Å². The summed E-state index contributed by atoms with van der Waals surface area (Å²) in [6.07, 6.45) is -4.62. The van der Waals surface area contributed by atoms with E-state index in [9.17, 15) is 26.4 Å². The number of hydrogen-bond acceptors (Lipinski definition) is 5. The van der Waals surface area contributed by atoms with Gasteiger partial charge in [0.2, 0.25) is 5.91 Å². The van der Waals surface area contributed by atoms with E-state index in [1.807, 2.05) is 13.8 Å². The zero-order valence-corrected chi connectivity index (χ0v) is 14.8. The molecule has 0 bridgehead atoms. The summed E-state index contributed by atoms with van der Waals surface area (Å²) in [6, 6.07) is 0. The van der Waals surface area contributed by atoms with Gasteiger partial charge in [0, 0.05) is 31.5 Å². The molecule has 25 heavy (non-hydrogen) atoms. The van der Waals surface area contributed by atoms with Gasteiger partial charge in [0.1, 0.15) is 0 Å². The van der Waals surface area contributed by atoms with Crippen molar-refractivity contribution < 1.29 is 36.3 Å². The van der Waals surface area contributed by atoms with Crippen LogP contribution in [0, 0.1) is 17.8 Å². The number of amides is 1. The van der Waals surface area contributed by atoms with E-state index in [1.54, 1.807) is 0 Å². The maximum absolute atomic E-state index is 12.1. The minimum atomic E-state index is -5.08. The lowest BCUT2D eigenvalue weighted by molar-refractivity contribution is -0.192. The van der Waals surface area contributed by atoms with Crippen molar-refractivity contribution in [2.24, 2.45) is 17.8 Å². The van der Waals surface area contributed by atoms with E-state index in [4.69, 9.17) is 9.90 Å². The molecule has 146 valence electrons. The molecule has 1 amide bonds. The van der Waals surface area contributed by atoms with Crippen molar-refractivity contribution in [2.75, 3.05) is 25.4 Å². The molecule has 2 rings (SSSR count). The Kier molecular flexibility index (Phi) is 7.24. The van der Waals surface area contributed by atoms with Crippen LogP contribution in [0.1, 0.15) is 20.3 Å². The summed E-state index contributed by atoms with van der Waals surface area (Å²) in [6.45, 7) is 5.90.